The quantitative estimate of drug-likeness (QED) is 0.600. The minimum absolute atomic E-state index is 0.181. The molecular weight excluding hydrogens is 140 g/mol. The first kappa shape index (κ1) is 8.75. The molecule has 1 rings (SSSR count). The van der Waals surface area contributed by atoms with E-state index in [-0.39, 0.29) is 12.0 Å². The molecule has 1 aliphatic carbocycles. The lowest BCUT2D eigenvalue weighted by Crippen LogP contribution is -2.40. The van der Waals surface area contributed by atoms with Crippen molar-refractivity contribution in [2.24, 2.45) is 5.41 Å². The van der Waals surface area contributed by atoms with Crippen molar-refractivity contribution in [3.63, 3.8) is 0 Å². The Bertz CT molecular complexity index is 178. The third-order valence-corrected chi connectivity index (χ3v) is 2.91. The van der Waals surface area contributed by atoms with E-state index < -0.39 is 5.60 Å². The van der Waals surface area contributed by atoms with Gasteiger partial charge in [0.15, 0.2) is 0 Å². The second kappa shape index (κ2) is 2.32. The molecule has 0 aromatic carbocycles. The molecule has 1 fully saturated rings. The van der Waals surface area contributed by atoms with Crippen LogP contribution in [0.1, 0.15) is 26.7 Å². The first-order chi connectivity index (χ1) is 4.96. The van der Waals surface area contributed by atoms with Gasteiger partial charge < -0.3 is 10.2 Å². The molecule has 0 bridgehead atoms. The number of hydrogen-bond donors (Lipinski definition) is 2. The zero-order valence-electron chi connectivity index (χ0n) is 7.22. The van der Waals surface area contributed by atoms with Gasteiger partial charge in [0, 0.05) is 5.41 Å². The minimum atomic E-state index is -0.973. The molecule has 64 valence electrons. The maximum absolute atomic E-state index is 9.77. The van der Waals surface area contributed by atoms with Crippen molar-refractivity contribution in [2.75, 3.05) is 6.61 Å². The third-order valence-electron chi connectivity index (χ3n) is 2.91. The van der Waals surface area contributed by atoms with Gasteiger partial charge in [-0.3, -0.25) is 0 Å². The molecule has 11 heavy (non-hydrogen) atoms. The van der Waals surface area contributed by atoms with Crippen molar-refractivity contribution in [3.05, 3.63) is 12.2 Å². The summed E-state index contributed by atoms with van der Waals surface area (Å²) in [6, 6.07) is 0. The van der Waals surface area contributed by atoms with E-state index in [1.807, 2.05) is 6.92 Å². The van der Waals surface area contributed by atoms with Gasteiger partial charge in [0.2, 0.25) is 0 Å². The molecule has 1 aliphatic rings. The molecule has 0 aromatic rings. The average molecular weight is 156 g/mol. The third kappa shape index (κ3) is 1.10. The van der Waals surface area contributed by atoms with Gasteiger partial charge >= 0.3 is 0 Å². The van der Waals surface area contributed by atoms with Crippen LogP contribution in [0.2, 0.25) is 0 Å². The molecule has 0 spiro atoms. The number of rotatable bonds is 3. The monoisotopic (exact) mass is 156 g/mol. The van der Waals surface area contributed by atoms with Crippen molar-refractivity contribution in [1.82, 2.24) is 0 Å². The van der Waals surface area contributed by atoms with Crippen LogP contribution in [0.25, 0.3) is 0 Å². The highest BCUT2D eigenvalue weighted by atomic mass is 16.3. The van der Waals surface area contributed by atoms with Crippen LogP contribution in [0.3, 0.4) is 0 Å². The molecule has 0 heterocycles. The van der Waals surface area contributed by atoms with Gasteiger partial charge in [-0.05, 0) is 26.7 Å². The molecular formula is C9H16O2. The number of hydrogen-bond acceptors (Lipinski definition) is 2. The molecule has 0 radical (unpaired) electrons. The lowest BCUT2D eigenvalue weighted by molar-refractivity contribution is -0.0456. The Kier molecular flexibility index (Phi) is 1.85. The van der Waals surface area contributed by atoms with Gasteiger partial charge in [0.25, 0.3) is 0 Å². The summed E-state index contributed by atoms with van der Waals surface area (Å²) in [6.45, 7) is 7.24. The van der Waals surface area contributed by atoms with Crippen LogP contribution < -0.4 is 0 Å². The van der Waals surface area contributed by atoms with E-state index in [1.165, 1.54) is 0 Å². The maximum Gasteiger partial charge on any atom is 0.0941 e. The Hall–Kier alpha value is -0.340. The normalized spacial score (nSPS) is 25.8. The highest BCUT2D eigenvalue weighted by Crippen LogP contribution is 2.58. The van der Waals surface area contributed by atoms with Crippen LogP contribution in [0.5, 0.6) is 0 Å². The second-order valence-electron chi connectivity index (χ2n) is 3.79. The highest BCUT2D eigenvalue weighted by molar-refractivity contribution is 5.23. The maximum atomic E-state index is 9.77. The Labute approximate surface area is 67.6 Å². The molecule has 1 saturated carbocycles. The summed E-state index contributed by atoms with van der Waals surface area (Å²) in [5, 5.41) is 18.7. The van der Waals surface area contributed by atoms with Gasteiger partial charge in [-0.2, -0.15) is 0 Å². The molecule has 0 amide bonds. The second-order valence-corrected chi connectivity index (χ2v) is 3.79. The Morgan fingerprint density at radius 3 is 2.18 bits per heavy atom. The summed E-state index contributed by atoms with van der Waals surface area (Å²) in [6.07, 6.45) is 1.91. The summed E-state index contributed by atoms with van der Waals surface area (Å²) in [5.41, 5.74) is -0.183. The van der Waals surface area contributed by atoms with E-state index in [0.29, 0.717) is 0 Å². The van der Waals surface area contributed by atoms with Gasteiger partial charge in [-0.1, -0.05) is 12.2 Å². The van der Waals surface area contributed by atoms with E-state index >= 15 is 0 Å². The standard InChI is InChI=1S/C9H16O2/c1-7(2)9(4-5-9)8(3,11)6-10/h10-11H,1,4-6H2,2-3H3. The number of aliphatic hydroxyl groups excluding tert-OH is 1. The summed E-state index contributed by atoms with van der Waals surface area (Å²) in [4.78, 5) is 0. The van der Waals surface area contributed by atoms with Gasteiger partial charge in [-0.15, -0.1) is 0 Å². The van der Waals surface area contributed by atoms with Crippen molar-refractivity contribution in [2.45, 2.75) is 32.3 Å². The van der Waals surface area contributed by atoms with Gasteiger partial charge in [-0.25, -0.2) is 0 Å². The van der Waals surface area contributed by atoms with Crippen molar-refractivity contribution in [1.29, 1.82) is 0 Å². The van der Waals surface area contributed by atoms with Crippen LogP contribution in [-0.4, -0.2) is 22.4 Å². The topological polar surface area (TPSA) is 40.5 Å². The molecule has 0 saturated heterocycles. The predicted octanol–water partition coefficient (Wildman–Crippen LogP) is 1.09. The Balaban J connectivity index is 2.80. The summed E-state index contributed by atoms with van der Waals surface area (Å²) in [7, 11) is 0. The molecule has 2 N–H and O–H groups in total. The summed E-state index contributed by atoms with van der Waals surface area (Å²) >= 11 is 0. The highest BCUT2D eigenvalue weighted by Gasteiger charge is 2.56. The summed E-state index contributed by atoms with van der Waals surface area (Å²) in [5.74, 6) is 0. The molecule has 2 heteroatoms. The van der Waals surface area contributed by atoms with Crippen LogP contribution in [0, 0.1) is 5.41 Å². The lowest BCUT2D eigenvalue weighted by Gasteiger charge is -2.31. The predicted molar refractivity (Wildman–Crippen MR) is 44.2 cm³/mol. The smallest absolute Gasteiger partial charge is 0.0941 e. The Morgan fingerprint density at radius 1 is 1.64 bits per heavy atom. The van der Waals surface area contributed by atoms with Gasteiger partial charge in [0.1, 0.15) is 0 Å². The zero-order chi connectivity index (χ0) is 8.70. The first-order valence-corrected chi connectivity index (χ1v) is 3.95. The largest absolute Gasteiger partial charge is 0.393 e. The van der Waals surface area contributed by atoms with Crippen LogP contribution in [0.4, 0.5) is 0 Å². The fourth-order valence-electron chi connectivity index (χ4n) is 1.70. The fraction of sp³-hybridized carbons (Fsp3) is 0.778. The minimum Gasteiger partial charge on any atom is -0.393 e. The lowest BCUT2D eigenvalue weighted by atomic mass is 9.81. The van der Waals surface area contributed by atoms with Crippen LogP contribution >= 0.6 is 0 Å². The van der Waals surface area contributed by atoms with Crippen LogP contribution in [-0.2, 0) is 0 Å². The van der Waals surface area contributed by atoms with E-state index in [0.717, 1.165) is 18.4 Å². The van der Waals surface area contributed by atoms with Crippen molar-refractivity contribution in [3.8, 4) is 0 Å². The van der Waals surface area contributed by atoms with Crippen LogP contribution in [0.15, 0.2) is 12.2 Å². The van der Waals surface area contributed by atoms with Gasteiger partial charge in [0.05, 0.1) is 12.2 Å². The molecule has 0 aromatic heterocycles. The van der Waals surface area contributed by atoms with E-state index in [9.17, 15) is 5.11 Å². The molecule has 2 nitrogen and oxygen atoms in total. The van der Waals surface area contributed by atoms with Crippen molar-refractivity contribution < 1.29 is 10.2 Å². The summed E-state index contributed by atoms with van der Waals surface area (Å²) < 4.78 is 0. The SMILES string of the molecule is C=C(C)C1(C(C)(O)CO)CC1. The molecule has 1 atom stereocenters. The number of aliphatic hydroxyl groups is 2. The van der Waals surface area contributed by atoms with E-state index in [2.05, 4.69) is 6.58 Å². The molecule has 1 unspecified atom stereocenters. The Morgan fingerprint density at radius 2 is 2.09 bits per heavy atom. The molecule has 0 aliphatic heterocycles. The first-order valence-electron chi connectivity index (χ1n) is 3.95. The van der Waals surface area contributed by atoms with Crippen molar-refractivity contribution >= 4 is 0 Å². The fourth-order valence-corrected chi connectivity index (χ4v) is 1.70. The average Bonchev–Trinajstić information content (AvgIpc) is 2.66. The van der Waals surface area contributed by atoms with E-state index in [4.69, 9.17) is 5.11 Å². The zero-order valence-corrected chi connectivity index (χ0v) is 7.22. The van der Waals surface area contributed by atoms with E-state index in [1.54, 1.807) is 6.92 Å².